The number of aromatic hydroxyl groups is 1. The zero-order valence-electron chi connectivity index (χ0n) is 26.4. The molecule has 1 aliphatic rings. The van der Waals surface area contributed by atoms with Crippen LogP contribution in [0.4, 0.5) is 0 Å². The van der Waals surface area contributed by atoms with Crippen LogP contribution in [0.3, 0.4) is 0 Å². The molecule has 1 aliphatic carbocycles. The number of carbonyl (C=O) groups is 1. The van der Waals surface area contributed by atoms with E-state index in [1.165, 1.54) is 11.7 Å². The van der Waals surface area contributed by atoms with Crippen molar-refractivity contribution in [2.75, 3.05) is 21.3 Å². The molecule has 0 radical (unpaired) electrons. The number of hydrogen-bond donors (Lipinski definition) is 1. The first kappa shape index (κ1) is 30.4. The lowest BCUT2D eigenvalue weighted by Crippen LogP contribution is -2.40. The quantitative estimate of drug-likeness (QED) is 0.172. The Balaban J connectivity index is 1.66. The predicted molar refractivity (Wildman–Crippen MR) is 169 cm³/mol. The van der Waals surface area contributed by atoms with E-state index in [2.05, 4.69) is 56.6 Å². The van der Waals surface area contributed by atoms with Gasteiger partial charge in [0.25, 0.3) is 5.56 Å². The van der Waals surface area contributed by atoms with Gasteiger partial charge in [0.1, 0.15) is 17.2 Å². The minimum Gasteiger partial charge on any atom is -0.506 e. The molecule has 2 aromatic carbocycles. The van der Waals surface area contributed by atoms with Crippen LogP contribution < -0.4 is 15.0 Å². The van der Waals surface area contributed by atoms with Gasteiger partial charge in [0.2, 0.25) is 0 Å². The first-order valence-corrected chi connectivity index (χ1v) is 17.2. The maximum absolute atomic E-state index is 13.9. The molecule has 5 rings (SSSR count). The number of rotatable bonds is 8. The number of ether oxygens (including phenoxy) is 3. The van der Waals surface area contributed by atoms with E-state index in [-0.39, 0.29) is 22.9 Å². The molecule has 0 saturated carbocycles. The van der Waals surface area contributed by atoms with Crippen molar-refractivity contribution in [3.63, 3.8) is 0 Å². The molecule has 2 aromatic heterocycles. The summed E-state index contributed by atoms with van der Waals surface area (Å²) in [7, 11) is 4.39. The van der Waals surface area contributed by atoms with Crippen LogP contribution in [-0.2, 0) is 35.8 Å². The Morgan fingerprint density at radius 1 is 1.05 bits per heavy atom. The minimum absolute atomic E-state index is 0.101. The summed E-state index contributed by atoms with van der Waals surface area (Å²) in [5.74, 6) is -0.0677. The van der Waals surface area contributed by atoms with Crippen molar-refractivity contribution in [2.45, 2.75) is 58.5 Å². The molecule has 43 heavy (non-hydrogen) atoms. The van der Waals surface area contributed by atoms with Crippen LogP contribution in [0.15, 0.2) is 41.2 Å². The molecule has 0 aliphatic heterocycles. The molecule has 2 heterocycles. The van der Waals surface area contributed by atoms with Gasteiger partial charge in [0.05, 0.1) is 40.2 Å². The van der Waals surface area contributed by atoms with Crippen molar-refractivity contribution in [1.82, 2.24) is 9.13 Å². The van der Waals surface area contributed by atoms with Crippen LogP contribution >= 0.6 is 0 Å². The van der Waals surface area contributed by atoms with E-state index in [0.29, 0.717) is 41.3 Å². The Hall–Kier alpha value is -4.02. The number of benzene rings is 2. The summed E-state index contributed by atoms with van der Waals surface area (Å²) in [4.78, 5) is 26.6. The van der Waals surface area contributed by atoms with Crippen LogP contribution in [0.5, 0.6) is 17.2 Å². The molecular formula is C33H40N2O7Si. The van der Waals surface area contributed by atoms with Gasteiger partial charge in [-0.2, -0.15) is 0 Å². The number of nitrogens with zero attached hydrogens (tertiary/aromatic N) is 2. The first-order valence-electron chi connectivity index (χ1n) is 14.3. The van der Waals surface area contributed by atoms with Crippen LogP contribution in [0.1, 0.15) is 53.5 Å². The number of hydrogen-bond acceptors (Lipinski definition) is 7. The fraction of sp³-hybridized carbons (Fsp3) is 0.394. The van der Waals surface area contributed by atoms with E-state index in [0.717, 1.165) is 27.7 Å². The Bertz CT molecular complexity index is 1810. The van der Waals surface area contributed by atoms with Crippen LogP contribution in [0, 0.1) is 0 Å². The van der Waals surface area contributed by atoms with E-state index in [1.54, 1.807) is 26.4 Å². The van der Waals surface area contributed by atoms with Crippen LogP contribution in [-0.4, -0.2) is 49.9 Å². The molecule has 0 spiro atoms. The SMILES string of the molecule is COC(=O)c1c(O)c2c(n(Cc3ccc(OC)cc3OC)c1=O)-c1cc3cc(CO[Si](C)(C)C(C)(C)C)n(C)c3cc1C2. The molecule has 0 bridgehead atoms. The highest BCUT2D eigenvalue weighted by atomic mass is 28.4. The summed E-state index contributed by atoms with van der Waals surface area (Å²) in [6.45, 7) is 11.8. The summed E-state index contributed by atoms with van der Waals surface area (Å²) < 4.78 is 26.0. The van der Waals surface area contributed by atoms with Gasteiger partial charge in [-0.3, -0.25) is 4.79 Å². The molecular weight excluding hydrogens is 564 g/mol. The lowest BCUT2D eigenvalue weighted by molar-refractivity contribution is 0.0594. The molecule has 0 unspecified atom stereocenters. The number of aromatic nitrogens is 2. The molecule has 0 saturated heterocycles. The van der Waals surface area contributed by atoms with E-state index in [1.807, 2.05) is 13.1 Å². The van der Waals surface area contributed by atoms with E-state index in [4.69, 9.17) is 18.6 Å². The second kappa shape index (κ2) is 10.9. The Kier molecular flexibility index (Phi) is 7.72. The topological polar surface area (TPSA) is 101 Å². The summed E-state index contributed by atoms with van der Waals surface area (Å²) in [6.07, 6.45) is 0.359. The Morgan fingerprint density at radius 2 is 1.77 bits per heavy atom. The fourth-order valence-electron chi connectivity index (χ4n) is 5.48. The third-order valence-electron chi connectivity index (χ3n) is 9.13. The normalized spacial score (nSPS) is 12.8. The van der Waals surface area contributed by atoms with E-state index >= 15 is 0 Å². The maximum atomic E-state index is 13.9. The summed E-state index contributed by atoms with van der Waals surface area (Å²) in [5, 5.41) is 12.4. The van der Waals surface area contributed by atoms with Crippen molar-refractivity contribution in [2.24, 2.45) is 7.05 Å². The number of esters is 1. The number of methoxy groups -OCH3 is 3. The largest absolute Gasteiger partial charge is 0.506 e. The predicted octanol–water partition coefficient (Wildman–Crippen LogP) is 5.99. The molecule has 1 N–H and O–H groups in total. The summed E-state index contributed by atoms with van der Waals surface area (Å²) >= 11 is 0. The van der Waals surface area contributed by atoms with Gasteiger partial charge in [-0.05, 0) is 54.0 Å². The molecule has 0 amide bonds. The van der Waals surface area contributed by atoms with Gasteiger partial charge < -0.3 is 32.9 Å². The zero-order valence-corrected chi connectivity index (χ0v) is 27.4. The van der Waals surface area contributed by atoms with Crippen molar-refractivity contribution >= 4 is 25.2 Å². The van der Waals surface area contributed by atoms with E-state index in [9.17, 15) is 14.7 Å². The zero-order chi connectivity index (χ0) is 31.4. The molecule has 4 aromatic rings. The van der Waals surface area contributed by atoms with Crippen molar-refractivity contribution in [1.29, 1.82) is 0 Å². The molecule has 10 heteroatoms. The number of carbonyl (C=O) groups excluding carboxylic acids is 1. The average Bonchev–Trinajstić information content (AvgIpc) is 3.49. The second-order valence-electron chi connectivity index (χ2n) is 12.6. The third kappa shape index (κ3) is 5.12. The molecule has 9 nitrogen and oxygen atoms in total. The van der Waals surface area contributed by atoms with Gasteiger partial charge in [0, 0.05) is 52.8 Å². The Morgan fingerprint density at radius 3 is 2.40 bits per heavy atom. The van der Waals surface area contributed by atoms with Gasteiger partial charge in [0.15, 0.2) is 13.9 Å². The van der Waals surface area contributed by atoms with Gasteiger partial charge in [-0.1, -0.05) is 20.8 Å². The lowest BCUT2D eigenvalue weighted by Gasteiger charge is -2.36. The molecule has 228 valence electrons. The van der Waals surface area contributed by atoms with Gasteiger partial charge in [-0.25, -0.2) is 4.79 Å². The van der Waals surface area contributed by atoms with Crippen LogP contribution in [0.25, 0.3) is 22.2 Å². The van der Waals surface area contributed by atoms with Gasteiger partial charge >= 0.3 is 5.97 Å². The highest BCUT2D eigenvalue weighted by Crippen LogP contribution is 2.44. The van der Waals surface area contributed by atoms with Crippen molar-refractivity contribution in [3.8, 4) is 28.5 Å². The third-order valence-corrected chi connectivity index (χ3v) is 13.6. The number of fused-ring (bicyclic) bond motifs is 4. The van der Waals surface area contributed by atoms with Crippen molar-refractivity contribution in [3.05, 3.63) is 74.7 Å². The molecule has 0 fully saturated rings. The van der Waals surface area contributed by atoms with Gasteiger partial charge in [-0.15, -0.1) is 0 Å². The highest BCUT2D eigenvalue weighted by Gasteiger charge is 2.37. The standard InChI is InChI=1S/C33H40N2O7Si/c1-33(2,3)43(8,9)42-18-22-12-21-14-24-20(15-26(21)34(22)4)13-25-29(24)35(31(37)28(30(25)36)32(38)41-7)17-19-10-11-23(39-5)16-27(19)40-6/h10-12,14-16,36H,13,17-18H2,1-9H3. The van der Waals surface area contributed by atoms with Crippen LogP contribution in [0.2, 0.25) is 18.1 Å². The maximum Gasteiger partial charge on any atom is 0.347 e. The minimum atomic E-state index is -1.95. The first-order chi connectivity index (χ1) is 20.2. The monoisotopic (exact) mass is 604 g/mol. The molecule has 0 atom stereocenters. The smallest absolute Gasteiger partial charge is 0.347 e. The summed E-state index contributed by atoms with van der Waals surface area (Å²) in [5.41, 5.74) is 4.67. The fourth-order valence-corrected chi connectivity index (χ4v) is 6.42. The lowest BCUT2D eigenvalue weighted by atomic mass is 10.1. The summed E-state index contributed by atoms with van der Waals surface area (Å²) in [6, 6.07) is 11.6. The highest BCUT2D eigenvalue weighted by molar-refractivity contribution is 6.74. The Labute approximate surface area is 252 Å². The number of aryl methyl sites for hydroxylation is 1. The second-order valence-corrected chi connectivity index (χ2v) is 17.4. The average molecular weight is 605 g/mol. The number of pyridine rings is 1. The van der Waals surface area contributed by atoms with E-state index < -0.39 is 19.8 Å². The van der Waals surface area contributed by atoms with Crippen molar-refractivity contribution < 1.29 is 28.5 Å².